The summed E-state index contributed by atoms with van der Waals surface area (Å²) in [6.07, 6.45) is 0. The number of urea groups is 1. The van der Waals surface area contributed by atoms with E-state index in [1.165, 1.54) is 0 Å². The predicted molar refractivity (Wildman–Crippen MR) is 94.8 cm³/mol. The summed E-state index contributed by atoms with van der Waals surface area (Å²) in [5, 5.41) is 18.2. The number of hydrogen-bond donors (Lipinski definition) is 3. The zero-order chi connectivity index (χ0) is 17.5. The van der Waals surface area contributed by atoms with Crippen LogP contribution in [0.3, 0.4) is 0 Å². The summed E-state index contributed by atoms with van der Waals surface area (Å²) in [6, 6.07) is 14.5. The van der Waals surface area contributed by atoms with Gasteiger partial charge in [0.25, 0.3) is 0 Å². The van der Waals surface area contributed by atoms with E-state index in [4.69, 9.17) is 11.6 Å². The van der Waals surface area contributed by atoms with E-state index in [2.05, 4.69) is 10.6 Å². The molecule has 0 saturated carbocycles. The SMILES string of the molecule is CN(O)N(C)Cc1ccc(NC(=O)NCc2ccc(Cl)cc2)cc1. The Balaban J connectivity index is 1.82. The molecule has 3 N–H and O–H groups in total. The van der Waals surface area contributed by atoms with E-state index in [0.29, 0.717) is 23.8 Å². The smallest absolute Gasteiger partial charge is 0.319 e. The normalized spacial score (nSPS) is 10.9. The lowest BCUT2D eigenvalue weighted by Gasteiger charge is -2.21. The second kappa shape index (κ2) is 8.65. The van der Waals surface area contributed by atoms with Gasteiger partial charge in [-0.1, -0.05) is 35.9 Å². The number of carbonyl (C=O) groups excluding carboxylic acids is 1. The Morgan fingerprint density at radius 2 is 1.62 bits per heavy atom. The van der Waals surface area contributed by atoms with Crippen LogP contribution in [-0.4, -0.2) is 35.5 Å². The quantitative estimate of drug-likeness (QED) is 0.700. The van der Waals surface area contributed by atoms with Gasteiger partial charge in [0.15, 0.2) is 0 Å². The Morgan fingerprint density at radius 3 is 2.21 bits per heavy atom. The zero-order valence-electron chi connectivity index (χ0n) is 13.7. The molecule has 128 valence electrons. The van der Waals surface area contributed by atoms with Gasteiger partial charge in [-0.2, -0.15) is 0 Å². The van der Waals surface area contributed by atoms with E-state index in [9.17, 15) is 10.0 Å². The molecule has 0 saturated heterocycles. The molecule has 0 aliphatic heterocycles. The average molecular weight is 349 g/mol. The topological polar surface area (TPSA) is 67.8 Å². The number of hydroxylamine groups is 1. The summed E-state index contributed by atoms with van der Waals surface area (Å²) in [4.78, 5) is 11.9. The monoisotopic (exact) mass is 348 g/mol. The summed E-state index contributed by atoms with van der Waals surface area (Å²) in [7, 11) is 3.33. The standard InChI is InChI=1S/C17H21ClN4O2/c1-21(22(2)24)12-14-5-9-16(10-6-14)20-17(23)19-11-13-3-7-15(18)8-4-13/h3-10,24H,11-12H2,1-2H3,(H2,19,20,23). The predicted octanol–water partition coefficient (Wildman–Crippen LogP) is 3.33. The van der Waals surface area contributed by atoms with Gasteiger partial charge in [-0.15, -0.1) is 5.17 Å². The second-order valence-corrected chi connectivity index (χ2v) is 5.87. The van der Waals surface area contributed by atoms with Crippen LogP contribution in [0.4, 0.5) is 10.5 Å². The third kappa shape index (κ3) is 5.82. The van der Waals surface area contributed by atoms with E-state index in [1.807, 2.05) is 36.4 Å². The third-order valence-corrected chi connectivity index (χ3v) is 3.74. The van der Waals surface area contributed by atoms with Gasteiger partial charge in [-0.05, 0) is 35.4 Å². The Bertz CT molecular complexity index is 659. The first-order chi connectivity index (χ1) is 11.4. The fraction of sp³-hybridized carbons (Fsp3) is 0.235. The van der Waals surface area contributed by atoms with Gasteiger partial charge < -0.3 is 10.6 Å². The molecule has 0 aromatic heterocycles. The summed E-state index contributed by atoms with van der Waals surface area (Å²) in [5.41, 5.74) is 2.69. The molecule has 0 atom stereocenters. The molecule has 2 amide bonds. The summed E-state index contributed by atoms with van der Waals surface area (Å²) in [5.74, 6) is 0. The average Bonchev–Trinajstić information content (AvgIpc) is 2.56. The molecule has 0 fully saturated rings. The Morgan fingerprint density at radius 1 is 1.04 bits per heavy atom. The van der Waals surface area contributed by atoms with Crippen LogP contribution in [0, 0.1) is 0 Å². The van der Waals surface area contributed by atoms with E-state index in [-0.39, 0.29) is 6.03 Å². The third-order valence-electron chi connectivity index (χ3n) is 3.48. The fourth-order valence-corrected chi connectivity index (χ4v) is 2.15. The molecule has 0 bridgehead atoms. The van der Waals surface area contributed by atoms with E-state index in [1.54, 1.807) is 31.2 Å². The number of hydrazine groups is 1. The first-order valence-corrected chi connectivity index (χ1v) is 7.84. The number of amides is 2. The van der Waals surface area contributed by atoms with Crippen LogP contribution in [0.15, 0.2) is 48.5 Å². The van der Waals surface area contributed by atoms with Crippen molar-refractivity contribution in [3.63, 3.8) is 0 Å². The minimum Gasteiger partial charge on any atom is -0.334 e. The van der Waals surface area contributed by atoms with Crippen molar-refractivity contribution in [2.75, 3.05) is 19.4 Å². The second-order valence-electron chi connectivity index (χ2n) is 5.44. The maximum atomic E-state index is 11.9. The van der Waals surface area contributed by atoms with Crippen LogP contribution in [-0.2, 0) is 13.1 Å². The van der Waals surface area contributed by atoms with Crippen LogP contribution in [0.2, 0.25) is 5.02 Å². The number of carbonyl (C=O) groups is 1. The molecule has 7 heteroatoms. The molecule has 6 nitrogen and oxygen atoms in total. The van der Waals surface area contributed by atoms with Crippen LogP contribution >= 0.6 is 11.6 Å². The lowest BCUT2D eigenvalue weighted by molar-refractivity contribution is -0.219. The molecule has 0 unspecified atom stereocenters. The number of anilines is 1. The Labute approximate surface area is 146 Å². The molecule has 0 spiro atoms. The first-order valence-electron chi connectivity index (χ1n) is 7.46. The van der Waals surface area contributed by atoms with Crippen molar-refractivity contribution in [2.45, 2.75) is 13.1 Å². The van der Waals surface area contributed by atoms with Crippen molar-refractivity contribution in [3.8, 4) is 0 Å². The summed E-state index contributed by atoms with van der Waals surface area (Å²) >= 11 is 5.82. The number of benzene rings is 2. The highest BCUT2D eigenvalue weighted by molar-refractivity contribution is 6.30. The molecular formula is C17H21ClN4O2. The van der Waals surface area contributed by atoms with Crippen molar-refractivity contribution in [1.29, 1.82) is 0 Å². The van der Waals surface area contributed by atoms with Gasteiger partial charge in [0, 0.05) is 37.9 Å². The summed E-state index contributed by atoms with van der Waals surface area (Å²) < 4.78 is 0. The van der Waals surface area contributed by atoms with Crippen molar-refractivity contribution in [3.05, 3.63) is 64.7 Å². The molecule has 2 aromatic carbocycles. The molecular weight excluding hydrogens is 328 g/mol. The highest BCUT2D eigenvalue weighted by atomic mass is 35.5. The van der Waals surface area contributed by atoms with Gasteiger partial charge in [0.1, 0.15) is 0 Å². The van der Waals surface area contributed by atoms with Crippen molar-refractivity contribution in [2.24, 2.45) is 0 Å². The molecule has 2 rings (SSSR count). The van der Waals surface area contributed by atoms with Gasteiger partial charge >= 0.3 is 6.03 Å². The van der Waals surface area contributed by atoms with E-state index < -0.39 is 0 Å². The molecule has 0 heterocycles. The summed E-state index contributed by atoms with van der Waals surface area (Å²) in [6.45, 7) is 0.991. The van der Waals surface area contributed by atoms with Crippen LogP contribution < -0.4 is 10.6 Å². The lowest BCUT2D eigenvalue weighted by atomic mass is 10.2. The minimum atomic E-state index is -0.273. The zero-order valence-corrected chi connectivity index (χ0v) is 14.4. The number of halogens is 1. The Hall–Kier alpha value is -2.12. The van der Waals surface area contributed by atoms with Gasteiger partial charge in [0.2, 0.25) is 0 Å². The Kier molecular flexibility index (Phi) is 6.57. The van der Waals surface area contributed by atoms with Gasteiger partial charge in [-0.3, -0.25) is 5.21 Å². The van der Waals surface area contributed by atoms with E-state index in [0.717, 1.165) is 16.3 Å². The van der Waals surface area contributed by atoms with Crippen LogP contribution in [0.1, 0.15) is 11.1 Å². The van der Waals surface area contributed by atoms with Gasteiger partial charge in [0.05, 0.1) is 0 Å². The van der Waals surface area contributed by atoms with E-state index >= 15 is 0 Å². The van der Waals surface area contributed by atoms with Gasteiger partial charge in [-0.25, -0.2) is 9.80 Å². The number of nitrogens with one attached hydrogen (secondary N) is 2. The molecule has 0 aliphatic carbocycles. The van der Waals surface area contributed by atoms with Crippen molar-refractivity contribution >= 4 is 23.3 Å². The fourth-order valence-electron chi connectivity index (χ4n) is 2.02. The highest BCUT2D eigenvalue weighted by Gasteiger charge is 2.05. The largest absolute Gasteiger partial charge is 0.334 e. The number of rotatable bonds is 6. The highest BCUT2D eigenvalue weighted by Crippen LogP contribution is 2.12. The molecule has 0 radical (unpaired) electrons. The first kappa shape index (κ1) is 18.2. The van der Waals surface area contributed by atoms with Crippen LogP contribution in [0.25, 0.3) is 0 Å². The van der Waals surface area contributed by atoms with Crippen molar-refractivity contribution in [1.82, 2.24) is 15.5 Å². The van der Waals surface area contributed by atoms with Crippen molar-refractivity contribution < 1.29 is 10.0 Å². The molecule has 24 heavy (non-hydrogen) atoms. The molecule has 2 aromatic rings. The molecule has 0 aliphatic rings. The number of nitrogens with zero attached hydrogens (tertiary/aromatic N) is 2. The minimum absolute atomic E-state index is 0.273. The van der Waals surface area contributed by atoms with Crippen LogP contribution in [0.5, 0.6) is 0 Å². The lowest BCUT2D eigenvalue weighted by Crippen LogP contribution is -2.33. The maximum Gasteiger partial charge on any atom is 0.319 e. The number of hydrogen-bond acceptors (Lipinski definition) is 4. The maximum absolute atomic E-state index is 11.9.